The van der Waals surface area contributed by atoms with E-state index < -0.39 is 0 Å². The molecule has 1 N–H and O–H groups in total. The summed E-state index contributed by atoms with van der Waals surface area (Å²) in [5, 5.41) is 3.43. The first-order valence-electron chi connectivity index (χ1n) is 7.69. The summed E-state index contributed by atoms with van der Waals surface area (Å²) in [7, 11) is 1.80. The predicted molar refractivity (Wildman–Crippen MR) is 82.1 cm³/mol. The van der Waals surface area contributed by atoms with Crippen LogP contribution in [-0.4, -0.2) is 25.4 Å². The van der Waals surface area contributed by atoms with Crippen LogP contribution in [0.3, 0.4) is 0 Å². The molecule has 0 amide bonds. The number of methoxy groups -OCH3 is 1. The topological polar surface area (TPSA) is 30.5 Å². The fourth-order valence-electron chi connectivity index (χ4n) is 2.67. The predicted octanol–water partition coefficient (Wildman–Crippen LogP) is 3.52. The molecule has 1 aromatic carbocycles. The van der Waals surface area contributed by atoms with Crippen LogP contribution in [0.15, 0.2) is 24.3 Å². The summed E-state index contributed by atoms with van der Waals surface area (Å²) in [5.41, 5.74) is 1.27. The van der Waals surface area contributed by atoms with Gasteiger partial charge in [0, 0.05) is 26.1 Å². The van der Waals surface area contributed by atoms with Gasteiger partial charge in [0.15, 0.2) is 0 Å². The van der Waals surface area contributed by atoms with E-state index in [0.29, 0.717) is 18.2 Å². The maximum atomic E-state index is 6.13. The number of nitrogens with one attached hydrogen (secondary N) is 1. The zero-order valence-electron chi connectivity index (χ0n) is 12.9. The van der Waals surface area contributed by atoms with E-state index in [-0.39, 0.29) is 0 Å². The van der Waals surface area contributed by atoms with Crippen molar-refractivity contribution in [2.75, 3.05) is 7.11 Å². The molecule has 0 heterocycles. The van der Waals surface area contributed by atoms with Crippen LogP contribution < -0.4 is 10.1 Å². The molecule has 0 radical (unpaired) electrons. The Balaban J connectivity index is 1.90. The van der Waals surface area contributed by atoms with Crippen LogP contribution in [-0.2, 0) is 11.3 Å². The monoisotopic (exact) mass is 277 g/mol. The van der Waals surface area contributed by atoms with Crippen molar-refractivity contribution in [3.05, 3.63) is 29.8 Å². The van der Waals surface area contributed by atoms with Gasteiger partial charge < -0.3 is 14.8 Å². The SMILES string of the molecule is COC1CCCC(Oc2cccc(CNC(C)C)c2)C1. The molecule has 3 heteroatoms. The Bertz CT molecular complexity index is 406. The molecule has 0 spiro atoms. The lowest BCUT2D eigenvalue weighted by Crippen LogP contribution is -2.29. The standard InChI is InChI=1S/C17H27NO2/c1-13(2)18-12-14-6-4-8-16(10-14)20-17-9-5-7-15(11-17)19-3/h4,6,8,10,13,15,17-18H,5,7,9,11-12H2,1-3H3. The van der Waals surface area contributed by atoms with Crippen molar-refractivity contribution in [2.45, 2.75) is 64.3 Å². The molecular weight excluding hydrogens is 250 g/mol. The first-order chi connectivity index (χ1) is 9.67. The van der Waals surface area contributed by atoms with Crippen molar-refractivity contribution < 1.29 is 9.47 Å². The molecule has 1 aliphatic rings. The van der Waals surface area contributed by atoms with E-state index in [0.717, 1.165) is 31.6 Å². The Morgan fingerprint density at radius 3 is 2.80 bits per heavy atom. The molecule has 0 bridgehead atoms. The van der Waals surface area contributed by atoms with Crippen molar-refractivity contribution in [2.24, 2.45) is 0 Å². The Labute approximate surface area is 122 Å². The lowest BCUT2D eigenvalue weighted by molar-refractivity contribution is 0.0209. The lowest BCUT2D eigenvalue weighted by Gasteiger charge is -2.28. The van der Waals surface area contributed by atoms with Crippen LogP contribution >= 0.6 is 0 Å². The van der Waals surface area contributed by atoms with Crippen molar-refractivity contribution in [3.63, 3.8) is 0 Å². The average Bonchev–Trinajstić information content (AvgIpc) is 2.46. The average molecular weight is 277 g/mol. The fourth-order valence-corrected chi connectivity index (χ4v) is 2.67. The van der Waals surface area contributed by atoms with Crippen LogP contribution in [0, 0.1) is 0 Å². The van der Waals surface area contributed by atoms with Crippen LogP contribution in [0.4, 0.5) is 0 Å². The van der Waals surface area contributed by atoms with Gasteiger partial charge in [-0.2, -0.15) is 0 Å². The van der Waals surface area contributed by atoms with Gasteiger partial charge >= 0.3 is 0 Å². The van der Waals surface area contributed by atoms with Crippen LogP contribution in [0.2, 0.25) is 0 Å². The molecule has 0 aliphatic heterocycles. The molecule has 20 heavy (non-hydrogen) atoms. The summed E-state index contributed by atoms with van der Waals surface area (Å²) in [5.74, 6) is 0.981. The minimum Gasteiger partial charge on any atom is -0.490 e. The third kappa shape index (κ3) is 4.80. The van der Waals surface area contributed by atoms with Crippen molar-refractivity contribution in [1.29, 1.82) is 0 Å². The Kier molecular flexibility index (Phi) is 5.86. The molecule has 1 aliphatic carbocycles. The minimum atomic E-state index is 0.294. The molecule has 2 atom stereocenters. The zero-order valence-corrected chi connectivity index (χ0v) is 12.9. The molecule has 112 valence electrons. The Morgan fingerprint density at radius 1 is 1.25 bits per heavy atom. The van der Waals surface area contributed by atoms with E-state index >= 15 is 0 Å². The van der Waals surface area contributed by atoms with E-state index in [1.165, 1.54) is 12.0 Å². The highest BCUT2D eigenvalue weighted by molar-refractivity contribution is 5.28. The third-order valence-electron chi connectivity index (χ3n) is 3.83. The van der Waals surface area contributed by atoms with E-state index in [1.807, 2.05) is 0 Å². The van der Waals surface area contributed by atoms with E-state index in [1.54, 1.807) is 7.11 Å². The van der Waals surface area contributed by atoms with E-state index in [4.69, 9.17) is 9.47 Å². The molecule has 2 rings (SSSR count). The van der Waals surface area contributed by atoms with Gasteiger partial charge in [0.25, 0.3) is 0 Å². The molecule has 3 nitrogen and oxygen atoms in total. The molecule has 1 aromatic rings. The van der Waals surface area contributed by atoms with Crippen LogP contribution in [0.5, 0.6) is 5.75 Å². The Hall–Kier alpha value is -1.06. The number of rotatable bonds is 6. The van der Waals surface area contributed by atoms with Gasteiger partial charge in [0.05, 0.1) is 6.10 Å². The first-order valence-corrected chi connectivity index (χ1v) is 7.69. The van der Waals surface area contributed by atoms with Crippen LogP contribution in [0.1, 0.15) is 45.1 Å². The minimum absolute atomic E-state index is 0.294. The van der Waals surface area contributed by atoms with Crippen molar-refractivity contribution in [3.8, 4) is 5.75 Å². The number of benzene rings is 1. The maximum absolute atomic E-state index is 6.13. The summed E-state index contributed by atoms with van der Waals surface area (Å²) in [4.78, 5) is 0. The molecule has 0 saturated heterocycles. The van der Waals surface area contributed by atoms with Crippen molar-refractivity contribution in [1.82, 2.24) is 5.32 Å². The zero-order chi connectivity index (χ0) is 14.4. The largest absolute Gasteiger partial charge is 0.490 e. The van der Waals surface area contributed by atoms with E-state index in [9.17, 15) is 0 Å². The van der Waals surface area contributed by atoms with Gasteiger partial charge in [-0.05, 0) is 37.0 Å². The summed E-state index contributed by atoms with van der Waals surface area (Å²) >= 11 is 0. The highest BCUT2D eigenvalue weighted by Crippen LogP contribution is 2.25. The highest BCUT2D eigenvalue weighted by atomic mass is 16.5. The second-order valence-corrected chi connectivity index (χ2v) is 5.95. The number of hydrogen-bond donors (Lipinski definition) is 1. The molecule has 0 aromatic heterocycles. The summed E-state index contributed by atoms with van der Waals surface area (Å²) in [6, 6.07) is 8.91. The van der Waals surface area contributed by atoms with Gasteiger partial charge in [-0.1, -0.05) is 26.0 Å². The highest BCUT2D eigenvalue weighted by Gasteiger charge is 2.23. The summed E-state index contributed by atoms with van der Waals surface area (Å²) < 4.78 is 11.6. The second kappa shape index (κ2) is 7.65. The smallest absolute Gasteiger partial charge is 0.120 e. The maximum Gasteiger partial charge on any atom is 0.120 e. The van der Waals surface area contributed by atoms with Gasteiger partial charge in [-0.3, -0.25) is 0 Å². The van der Waals surface area contributed by atoms with Crippen LogP contribution in [0.25, 0.3) is 0 Å². The van der Waals surface area contributed by atoms with Gasteiger partial charge in [0.1, 0.15) is 11.9 Å². The number of hydrogen-bond acceptors (Lipinski definition) is 3. The van der Waals surface area contributed by atoms with Gasteiger partial charge in [0.2, 0.25) is 0 Å². The quantitative estimate of drug-likeness (QED) is 0.863. The van der Waals surface area contributed by atoms with Gasteiger partial charge in [-0.25, -0.2) is 0 Å². The summed E-state index contributed by atoms with van der Waals surface area (Å²) in [6.07, 6.45) is 5.15. The van der Waals surface area contributed by atoms with Gasteiger partial charge in [-0.15, -0.1) is 0 Å². The lowest BCUT2D eigenvalue weighted by atomic mass is 9.95. The molecule has 1 fully saturated rings. The first kappa shape index (κ1) is 15.3. The number of ether oxygens (including phenoxy) is 2. The van der Waals surface area contributed by atoms with Crippen molar-refractivity contribution >= 4 is 0 Å². The second-order valence-electron chi connectivity index (χ2n) is 5.95. The summed E-state index contributed by atoms with van der Waals surface area (Å²) in [6.45, 7) is 5.21. The van der Waals surface area contributed by atoms with E-state index in [2.05, 4.69) is 43.4 Å². The fraction of sp³-hybridized carbons (Fsp3) is 0.647. The molecular formula is C17H27NO2. The normalized spacial score (nSPS) is 23.0. The third-order valence-corrected chi connectivity index (χ3v) is 3.83. The molecule has 1 saturated carbocycles. The molecule has 2 unspecified atom stereocenters. The Morgan fingerprint density at radius 2 is 2.05 bits per heavy atom.